The Kier molecular flexibility index (Phi) is 6.59. The van der Waals surface area contributed by atoms with Gasteiger partial charge < -0.3 is 20.4 Å². The average Bonchev–Trinajstić information content (AvgIpc) is 2.72. The van der Waals surface area contributed by atoms with Gasteiger partial charge >= 0.3 is 5.92 Å². The average molecular weight is 457 g/mol. The number of aryl methyl sites for hydroxylation is 1. The van der Waals surface area contributed by atoms with E-state index in [9.17, 15) is 33.0 Å². The second-order valence-electron chi connectivity index (χ2n) is 7.36. The van der Waals surface area contributed by atoms with Crippen molar-refractivity contribution < 1.29 is 33.0 Å². The molecule has 1 saturated heterocycles. The zero-order valence-electron chi connectivity index (χ0n) is 16.4. The highest BCUT2D eigenvalue weighted by atomic mass is 35.5. The predicted molar refractivity (Wildman–Crippen MR) is 108 cm³/mol. The van der Waals surface area contributed by atoms with Gasteiger partial charge in [0.25, 0.3) is 11.8 Å². The van der Waals surface area contributed by atoms with Crippen molar-refractivity contribution in [2.24, 2.45) is 0 Å². The number of hydrogen-bond acceptors (Lipinski definition) is 4. The van der Waals surface area contributed by atoms with Crippen LogP contribution in [0.5, 0.6) is 0 Å². The van der Waals surface area contributed by atoms with Crippen LogP contribution in [0.1, 0.15) is 27.9 Å². The summed E-state index contributed by atoms with van der Waals surface area (Å²) in [7, 11) is 0. The summed E-state index contributed by atoms with van der Waals surface area (Å²) >= 11 is 5.91. The van der Waals surface area contributed by atoms with E-state index in [-0.39, 0.29) is 24.2 Å². The Balaban J connectivity index is 1.84. The van der Waals surface area contributed by atoms with E-state index in [0.29, 0.717) is 5.56 Å². The van der Waals surface area contributed by atoms with Gasteiger partial charge in [-0.25, -0.2) is 4.39 Å². The number of β-amino-alcohol motifs (C(OH)–C–C–N with tert-alkyl or cyclic N) is 1. The maximum atomic E-state index is 15.0. The van der Waals surface area contributed by atoms with Gasteiger partial charge in [0.2, 0.25) is 0 Å². The van der Waals surface area contributed by atoms with Crippen LogP contribution in [-0.4, -0.2) is 52.2 Å². The molecule has 2 atom stereocenters. The van der Waals surface area contributed by atoms with Gasteiger partial charge in [0.05, 0.1) is 22.8 Å². The lowest BCUT2D eigenvalue weighted by Crippen LogP contribution is -2.52. The maximum Gasteiger partial charge on any atom is 0.351 e. The summed E-state index contributed by atoms with van der Waals surface area (Å²) in [5.74, 6) is -6.86. The molecule has 2 aromatic rings. The van der Waals surface area contributed by atoms with Gasteiger partial charge in [0, 0.05) is 24.3 Å². The summed E-state index contributed by atoms with van der Waals surface area (Å²) < 4.78 is 43.4. The molecule has 0 aliphatic carbocycles. The van der Waals surface area contributed by atoms with Crippen molar-refractivity contribution in [1.29, 1.82) is 0 Å². The smallest absolute Gasteiger partial charge is 0.351 e. The highest BCUT2D eigenvalue weighted by Crippen LogP contribution is 2.36. The third-order valence-electron chi connectivity index (χ3n) is 5.08. The molecule has 2 amide bonds. The number of amides is 2. The summed E-state index contributed by atoms with van der Waals surface area (Å²) in [4.78, 5) is 25.7. The predicted octanol–water partition coefficient (Wildman–Crippen LogP) is 3.09. The van der Waals surface area contributed by atoms with E-state index >= 15 is 0 Å². The molecule has 1 aliphatic rings. The fourth-order valence-electron chi connectivity index (χ4n) is 3.25. The Hall–Kier alpha value is -2.62. The van der Waals surface area contributed by atoms with Gasteiger partial charge in [-0.1, -0.05) is 11.6 Å². The van der Waals surface area contributed by atoms with Gasteiger partial charge in [-0.3, -0.25) is 9.59 Å². The lowest BCUT2D eigenvalue weighted by atomic mass is 10.0. The number of hydrogen-bond donors (Lipinski definition) is 3. The number of anilines is 1. The van der Waals surface area contributed by atoms with Crippen molar-refractivity contribution in [3.8, 4) is 0 Å². The molecular weight excluding hydrogens is 437 g/mol. The van der Waals surface area contributed by atoms with Crippen LogP contribution >= 0.6 is 11.6 Å². The Morgan fingerprint density at radius 3 is 2.52 bits per heavy atom. The topological polar surface area (TPSA) is 89.9 Å². The van der Waals surface area contributed by atoms with Crippen LogP contribution in [0.4, 0.5) is 18.9 Å². The molecule has 1 fully saturated rings. The molecule has 6 nitrogen and oxygen atoms in total. The Bertz CT molecular complexity index is 1020. The Morgan fingerprint density at radius 1 is 1.16 bits per heavy atom. The monoisotopic (exact) mass is 456 g/mol. The molecule has 0 spiro atoms. The highest BCUT2D eigenvalue weighted by molar-refractivity contribution is 6.32. The van der Waals surface area contributed by atoms with Crippen LogP contribution in [0.15, 0.2) is 36.4 Å². The molecule has 10 heteroatoms. The van der Waals surface area contributed by atoms with E-state index in [1.165, 1.54) is 25.1 Å². The summed E-state index contributed by atoms with van der Waals surface area (Å²) in [6, 6.07) is 7.00. The van der Waals surface area contributed by atoms with Crippen LogP contribution in [0.3, 0.4) is 0 Å². The molecule has 166 valence electrons. The molecule has 1 aliphatic heterocycles. The van der Waals surface area contributed by atoms with Crippen molar-refractivity contribution in [1.82, 2.24) is 4.90 Å². The maximum absolute atomic E-state index is 15.0. The number of halogens is 4. The van der Waals surface area contributed by atoms with Gasteiger partial charge in [0.15, 0.2) is 0 Å². The molecule has 2 aromatic carbocycles. The van der Waals surface area contributed by atoms with Gasteiger partial charge in [0.1, 0.15) is 5.82 Å². The van der Waals surface area contributed by atoms with E-state index in [2.05, 4.69) is 5.32 Å². The zero-order valence-corrected chi connectivity index (χ0v) is 17.2. The van der Waals surface area contributed by atoms with Gasteiger partial charge in [-0.2, -0.15) is 8.78 Å². The number of nitrogens with zero attached hydrogens (tertiary/aromatic N) is 1. The van der Waals surface area contributed by atoms with Crippen molar-refractivity contribution in [3.05, 3.63) is 63.9 Å². The first-order valence-electron chi connectivity index (χ1n) is 9.41. The number of nitrogens with one attached hydrogen (secondary N) is 1. The zero-order chi connectivity index (χ0) is 22.9. The van der Waals surface area contributed by atoms with Crippen LogP contribution in [-0.2, 0) is 10.7 Å². The first-order valence-corrected chi connectivity index (χ1v) is 9.79. The number of alkyl halides is 2. The Morgan fingerprint density at radius 2 is 1.87 bits per heavy atom. The quantitative estimate of drug-likeness (QED) is 0.659. The molecule has 31 heavy (non-hydrogen) atoms. The molecule has 3 rings (SSSR count). The summed E-state index contributed by atoms with van der Waals surface area (Å²) in [5.41, 5.74) is -0.477. The molecule has 0 radical (unpaired) electrons. The van der Waals surface area contributed by atoms with Crippen molar-refractivity contribution in [3.63, 3.8) is 0 Å². The number of aliphatic hydroxyl groups is 2. The molecule has 0 aromatic heterocycles. The molecular formula is C21H20ClF3N2O4. The van der Waals surface area contributed by atoms with Crippen molar-refractivity contribution >= 4 is 29.1 Å². The number of benzene rings is 2. The standard InChI is InChI=1S/C21H20ClF3N2O4/c1-11-8-13(3-5-16(11)23)26-19(30)12-2-4-15(22)14(9-12)21(24,25)20(31)27-7-6-17(28)18(29)10-27/h2-5,8-9,17-18,28-29H,6-7,10H2,1H3,(H,26,30)/t17-,18+/m1/s1. The van der Waals surface area contributed by atoms with Crippen molar-refractivity contribution in [2.75, 3.05) is 18.4 Å². The fraction of sp³-hybridized carbons (Fsp3) is 0.333. The largest absolute Gasteiger partial charge is 0.390 e. The summed E-state index contributed by atoms with van der Waals surface area (Å²) in [6.45, 7) is 0.903. The van der Waals surface area contributed by atoms with E-state index in [0.717, 1.165) is 23.1 Å². The highest BCUT2D eigenvalue weighted by Gasteiger charge is 2.47. The van der Waals surface area contributed by atoms with E-state index in [4.69, 9.17) is 11.6 Å². The first kappa shape index (κ1) is 23.1. The van der Waals surface area contributed by atoms with Gasteiger partial charge in [-0.15, -0.1) is 0 Å². The minimum absolute atomic E-state index is 0.0454. The van der Waals surface area contributed by atoms with Crippen LogP contribution in [0.25, 0.3) is 0 Å². The fourth-order valence-corrected chi connectivity index (χ4v) is 3.49. The van der Waals surface area contributed by atoms with E-state index in [1.54, 1.807) is 0 Å². The van der Waals surface area contributed by atoms with E-state index < -0.39 is 52.9 Å². The van der Waals surface area contributed by atoms with E-state index in [1.807, 2.05) is 0 Å². The molecule has 0 unspecified atom stereocenters. The number of aliphatic hydroxyl groups excluding tert-OH is 2. The third kappa shape index (κ3) is 4.84. The lowest BCUT2D eigenvalue weighted by Gasteiger charge is -2.35. The SMILES string of the molecule is Cc1cc(NC(=O)c2ccc(Cl)c(C(F)(F)C(=O)N3CC[C@@H](O)[C@@H](O)C3)c2)ccc1F. The van der Waals surface area contributed by atoms with Crippen LogP contribution < -0.4 is 5.32 Å². The molecule has 1 heterocycles. The number of piperidine rings is 1. The first-order chi connectivity index (χ1) is 14.5. The minimum Gasteiger partial charge on any atom is -0.390 e. The van der Waals surface area contributed by atoms with Crippen LogP contribution in [0, 0.1) is 12.7 Å². The molecule has 0 saturated carbocycles. The normalized spacial score (nSPS) is 19.3. The van der Waals surface area contributed by atoms with Crippen LogP contribution in [0.2, 0.25) is 5.02 Å². The molecule has 0 bridgehead atoms. The molecule has 3 N–H and O–H groups in total. The summed E-state index contributed by atoms with van der Waals surface area (Å²) in [6.07, 6.45) is -2.47. The van der Waals surface area contributed by atoms with Crippen molar-refractivity contribution in [2.45, 2.75) is 31.5 Å². The second kappa shape index (κ2) is 8.86. The third-order valence-corrected chi connectivity index (χ3v) is 5.41. The minimum atomic E-state index is -4.07. The Labute approximate surface area is 181 Å². The lowest BCUT2D eigenvalue weighted by molar-refractivity contribution is -0.165. The number of likely N-dealkylation sites (tertiary alicyclic amines) is 1. The number of carbonyl (C=O) groups is 2. The summed E-state index contributed by atoms with van der Waals surface area (Å²) in [5, 5.41) is 21.3. The second-order valence-corrected chi connectivity index (χ2v) is 7.77. The number of rotatable bonds is 4. The number of carbonyl (C=O) groups excluding carboxylic acids is 2. The van der Waals surface area contributed by atoms with Gasteiger partial charge in [-0.05, 0) is 55.3 Å².